The van der Waals surface area contributed by atoms with Gasteiger partial charge < -0.3 is 15.0 Å². The zero-order chi connectivity index (χ0) is 14.7. The molecule has 5 nitrogen and oxygen atoms in total. The fraction of sp³-hybridized carbons (Fsp3) is 0.500. The van der Waals surface area contributed by atoms with Gasteiger partial charge in [-0.1, -0.05) is 24.2 Å². The van der Waals surface area contributed by atoms with Gasteiger partial charge in [0, 0.05) is 12.0 Å². The van der Waals surface area contributed by atoms with Gasteiger partial charge in [0.05, 0.1) is 0 Å². The first kappa shape index (κ1) is 14.1. The maximum Gasteiger partial charge on any atom is 0.229 e. The molecule has 5 heteroatoms. The van der Waals surface area contributed by atoms with Crippen LogP contribution >= 0.6 is 0 Å². The van der Waals surface area contributed by atoms with E-state index < -0.39 is 0 Å². The minimum atomic E-state index is 0.219. The first-order valence-electron chi connectivity index (χ1n) is 7.54. The molecule has 1 saturated carbocycles. The standard InChI is InChI=1S/C16H21N3O2/c1-2-13(17)9-11-3-7-14(8-4-11)20-10-15-18-16(21-19-15)12-5-6-12/h3-4,7-8,12-13H,2,5-6,9-10,17H2,1H3. The van der Waals surface area contributed by atoms with Crippen molar-refractivity contribution >= 4 is 0 Å². The van der Waals surface area contributed by atoms with Crippen LogP contribution in [0.25, 0.3) is 0 Å². The summed E-state index contributed by atoms with van der Waals surface area (Å²) < 4.78 is 10.9. The number of hydrogen-bond donors (Lipinski definition) is 1. The Morgan fingerprint density at radius 1 is 1.33 bits per heavy atom. The van der Waals surface area contributed by atoms with E-state index in [0.29, 0.717) is 18.3 Å². The summed E-state index contributed by atoms with van der Waals surface area (Å²) in [5.74, 6) is 2.64. The zero-order valence-electron chi connectivity index (χ0n) is 12.3. The van der Waals surface area contributed by atoms with E-state index in [4.69, 9.17) is 15.0 Å². The molecule has 1 aliphatic rings. The number of benzene rings is 1. The van der Waals surface area contributed by atoms with E-state index in [9.17, 15) is 0 Å². The maximum absolute atomic E-state index is 5.95. The molecular formula is C16H21N3O2. The molecule has 112 valence electrons. The monoisotopic (exact) mass is 287 g/mol. The summed E-state index contributed by atoms with van der Waals surface area (Å²) in [5.41, 5.74) is 7.18. The van der Waals surface area contributed by atoms with Gasteiger partial charge in [-0.2, -0.15) is 4.98 Å². The Labute approximate surface area is 124 Å². The lowest BCUT2D eigenvalue weighted by Gasteiger charge is -2.09. The molecule has 0 spiro atoms. The predicted octanol–water partition coefficient (Wildman–Crippen LogP) is 2.81. The Bertz CT molecular complexity index is 575. The van der Waals surface area contributed by atoms with E-state index >= 15 is 0 Å². The molecule has 1 fully saturated rings. The van der Waals surface area contributed by atoms with Crippen LogP contribution < -0.4 is 10.5 Å². The molecule has 0 amide bonds. The van der Waals surface area contributed by atoms with E-state index in [0.717, 1.165) is 37.3 Å². The zero-order valence-corrected chi connectivity index (χ0v) is 12.3. The highest BCUT2D eigenvalue weighted by atomic mass is 16.5. The maximum atomic E-state index is 5.95. The van der Waals surface area contributed by atoms with Crippen molar-refractivity contribution in [2.75, 3.05) is 0 Å². The van der Waals surface area contributed by atoms with Crippen molar-refractivity contribution in [2.24, 2.45) is 5.73 Å². The van der Waals surface area contributed by atoms with E-state index in [2.05, 4.69) is 29.2 Å². The third-order valence-corrected chi connectivity index (χ3v) is 3.72. The van der Waals surface area contributed by atoms with Gasteiger partial charge in [0.2, 0.25) is 11.7 Å². The van der Waals surface area contributed by atoms with Crippen LogP contribution in [0.1, 0.15) is 49.4 Å². The van der Waals surface area contributed by atoms with Gasteiger partial charge in [0.25, 0.3) is 0 Å². The molecule has 1 heterocycles. The summed E-state index contributed by atoms with van der Waals surface area (Å²) >= 11 is 0. The van der Waals surface area contributed by atoms with Crippen molar-refractivity contribution in [1.29, 1.82) is 0 Å². The highest BCUT2D eigenvalue weighted by molar-refractivity contribution is 5.27. The molecule has 1 unspecified atom stereocenters. The van der Waals surface area contributed by atoms with E-state index in [1.807, 2.05) is 12.1 Å². The van der Waals surface area contributed by atoms with Gasteiger partial charge in [-0.05, 0) is 43.4 Å². The Morgan fingerprint density at radius 2 is 2.10 bits per heavy atom. The second-order valence-corrected chi connectivity index (χ2v) is 5.63. The predicted molar refractivity (Wildman–Crippen MR) is 79.0 cm³/mol. The van der Waals surface area contributed by atoms with Crippen molar-refractivity contribution in [3.05, 3.63) is 41.5 Å². The van der Waals surface area contributed by atoms with Gasteiger partial charge in [-0.25, -0.2) is 0 Å². The summed E-state index contributed by atoms with van der Waals surface area (Å²) in [7, 11) is 0. The Balaban J connectivity index is 1.52. The number of ether oxygens (including phenoxy) is 1. The van der Waals surface area contributed by atoms with Gasteiger partial charge in [-0.15, -0.1) is 0 Å². The summed E-state index contributed by atoms with van der Waals surface area (Å²) in [6.07, 6.45) is 4.19. The summed E-state index contributed by atoms with van der Waals surface area (Å²) in [6.45, 7) is 2.44. The molecule has 21 heavy (non-hydrogen) atoms. The minimum Gasteiger partial charge on any atom is -0.485 e. The third kappa shape index (κ3) is 3.82. The second-order valence-electron chi connectivity index (χ2n) is 5.63. The molecule has 0 bridgehead atoms. The van der Waals surface area contributed by atoms with Crippen LogP contribution in [0.4, 0.5) is 0 Å². The number of rotatable bonds is 7. The first-order chi connectivity index (χ1) is 10.2. The van der Waals surface area contributed by atoms with Crippen LogP contribution in [0.5, 0.6) is 5.75 Å². The SMILES string of the molecule is CCC(N)Cc1ccc(OCc2noc(C3CC3)n2)cc1. The fourth-order valence-electron chi connectivity index (χ4n) is 2.14. The quantitative estimate of drug-likeness (QED) is 0.847. The molecule has 2 N–H and O–H groups in total. The normalized spacial score (nSPS) is 15.9. The number of aromatic nitrogens is 2. The summed E-state index contributed by atoms with van der Waals surface area (Å²) in [4.78, 5) is 4.34. The fourth-order valence-corrected chi connectivity index (χ4v) is 2.14. The van der Waals surface area contributed by atoms with Gasteiger partial charge in [0.1, 0.15) is 5.75 Å². The summed E-state index contributed by atoms with van der Waals surface area (Å²) in [6, 6.07) is 8.24. The molecule has 0 radical (unpaired) electrons. The van der Waals surface area contributed by atoms with Crippen LogP contribution in [-0.2, 0) is 13.0 Å². The van der Waals surface area contributed by atoms with Crippen LogP contribution in [0.2, 0.25) is 0 Å². The van der Waals surface area contributed by atoms with Crippen LogP contribution in [0.3, 0.4) is 0 Å². The summed E-state index contributed by atoms with van der Waals surface area (Å²) in [5, 5.41) is 3.93. The lowest BCUT2D eigenvalue weighted by atomic mass is 10.0. The molecular weight excluding hydrogens is 266 g/mol. The van der Waals surface area contributed by atoms with Crippen molar-refractivity contribution < 1.29 is 9.26 Å². The lowest BCUT2D eigenvalue weighted by molar-refractivity contribution is 0.285. The van der Waals surface area contributed by atoms with Crippen molar-refractivity contribution in [3.8, 4) is 5.75 Å². The molecule has 0 aliphatic heterocycles. The largest absolute Gasteiger partial charge is 0.485 e. The second kappa shape index (κ2) is 6.26. The third-order valence-electron chi connectivity index (χ3n) is 3.72. The van der Waals surface area contributed by atoms with Crippen molar-refractivity contribution in [3.63, 3.8) is 0 Å². The van der Waals surface area contributed by atoms with Crippen molar-refractivity contribution in [1.82, 2.24) is 10.1 Å². The van der Waals surface area contributed by atoms with Crippen LogP contribution in [0.15, 0.2) is 28.8 Å². The molecule has 2 aromatic rings. The molecule has 1 aromatic carbocycles. The van der Waals surface area contributed by atoms with Gasteiger partial charge in [-0.3, -0.25) is 0 Å². The minimum absolute atomic E-state index is 0.219. The van der Waals surface area contributed by atoms with E-state index in [-0.39, 0.29) is 6.04 Å². The van der Waals surface area contributed by atoms with Crippen LogP contribution in [0, 0.1) is 0 Å². The average Bonchev–Trinajstić information content (AvgIpc) is 3.25. The first-order valence-corrected chi connectivity index (χ1v) is 7.54. The smallest absolute Gasteiger partial charge is 0.229 e. The van der Waals surface area contributed by atoms with Gasteiger partial charge >= 0.3 is 0 Å². The Kier molecular flexibility index (Phi) is 4.20. The molecule has 1 atom stereocenters. The topological polar surface area (TPSA) is 74.2 Å². The number of nitrogens with two attached hydrogens (primary N) is 1. The molecule has 3 rings (SSSR count). The van der Waals surface area contributed by atoms with E-state index in [1.165, 1.54) is 5.56 Å². The highest BCUT2D eigenvalue weighted by Gasteiger charge is 2.29. The number of nitrogens with zero attached hydrogens (tertiary/aromatic N) is 2. The van der Waals surface area contributed by atoms with Gasteiger partial charge in [0.15, 0.2) is 6.61 Å². The average molecular weight is 287 g/mol. The molecule has 1 aliphatic carbocycles. The Hall–Kier alpha value is -1.88. The van der Waals surface area contributed by atoms with Crippen LogP contribution in [-0.4, -0.2) is 16.2 Å². The molecule has 1 aromatic heterocycles. The Morgan fingerprint density at radius 3 is 2.76 bits per heavy atom. The van der Waals surface area contributed by atoms with Crippen molar-refractivity contribution in [2.45, 2.75) is 51.2 Å². The lowest BCUT2D eigenvalue weighted by Crippen LogP contribution is -2.21. The number of hydrogen-bond acceptors (Lipinski definition) is 5. The molecule has 0 saturated heterocycles. The van der Waals surface area contributed by atoms with E-state index in [1.54, 1.807) is 0 Å². The highest BCUT2D eigenvalue weighted by Crippen LogP contribution is 2.38.